The molecule has 1 aliphatic heterocycles. The van der Waals surface area contributed by atoms with E-state index in [0.29, 0.717) is 0 Å². The molecule has 0 N–H and O–H groups in total. The van der Waals surface area contributed by atoms with Crippen molar-refractivity contribution in [1.29, 1.82) is 0 Å². The largest absolute Gasteiger partial charge is 0.360 e. The van der Waals surface area contributed by atoms with Crippen molar-refractivity contribution in [2.24, 2.45) is 0 Å². The first-order chi connectivity index (χ1) is 11.7. The molecule has 4 nitrogen and oxygen atoms in total. The van der Waals surface area contributed by atoms with Gasteiger partial charge in [0, 0.05) is 18.5 Å². The van der Waals surface area contributed by atoms with Gasteiger partial charge in [-0.25, -0.2) is 4.98 Å². The summed E-state index contributed by atoms with van der Waals surface area (Å²) >= 11 is 0. The number of hydrogen-bond acceptors (Lipinski definition) is 3. The summed E-state index contributed by atoms with van der Waals surface area (Å²) in [6.45, 7) is 5.05. The molecule has 0 unspecified atom stereocenters. The lowest BCUT2D eigenvalue weighted by Gasteiger charge is -2.14. The van der Waals surface area contributed by atoms with Crippen molar-refractivity contribution in [2.45, 2.75) is 39.7 Å². The van der Waals surface area contributed by atoms with Gasteiger partial charge in [-0.1, -0.05) is 41.4 Å². The fraction of sp³-hybridized carbons (Fsp3) is 0.300. The van der Waals surface area contributed by atoms with E-state index in [0.717, 1.165) is 52.8 Å². The summed E-state index contributed by atoms with van der Waals surface area (Å²) in [5.74, 6) is 8.39. The first kappa shape index (κ1) is 14.8. The Morgan fingerprint density at radius 3 is 2.71 bits per heavy atom. The number of imidazole rings is 1. The monoisotopic (exact) mass is 317 g/mol. The first-order valence-electron chi connectivity index (χ1n) is 8.34. The van der Waals surface area contributed by atoms with Gasteiger partial charge in [-0.15, -0.1) is 0 Å². The van der Waals surface area contributed by atoms with Crippen LogP contribution in [0.4, 0.5) is 0 Å². The molecule has 0 bridgehead atoms. The van der Waals surface area contributed by atoms with Gasteiger partial charge in [0.15, 0.2) is 0 Å². The topological polar surface area (TPSA) is 43.9 Å². The maximum absolute atomic E-state index is 5.37. The van der Waals surface area contributed by atoms with Crippen molar-refractivity contribution >= 4 is 0 Å². The standard InChI is InChI=1S/C20H19N3O/c1-14-18(21-19-10-6-7-13-23(14)19)12-11-17-15(2)24-22-20(17)16-8-4-3-5-9-16/h3-5,8-9H,6-7,10,13H2,1-2H3. The summed E-state index contributed by atoms with van der Waals surface area (Å²) in [6.07, 6.45) is 3.48. The van der Waals surface area contributed by atoms with E-state index in [4.69, 9.17) is 9.51 Å². The summed E-state index contributed by atoms with van der Waals surface area (Å²) in [6, 6.07) is 10.0. The van der Waals surface area contributed by atoms with Crippen molar-refractivity contribution in [3.63, 3.8) is 0 Å². The maximum atomic E-state index is 5.37. The molecular formula is C20H19N3O. The molecule has 4 heteroatoms. The molecule has 0 aliphatic carbocycles. The van der Waals surface area contributed by atoms with Crippen molar-refractivity contribution in [3.8, 4) is 23.1 Å². The minimum absolute atomic E-state index is 0.739. The van der Waals surface area contributed by atoms with Gasteiger partial charge in [0.2, 0.25) is 0 Å². The molecule has 3 aromatic rings. The molecular weight excluding hydrogens is 298 g/mol. The highest BCUT2D eigenvalue weighted by Gasteiger charge is 2.16. The van der Waals surface area contributed by atoms with Gasteiger partial charge in [0.25, 0.3) is 0 Å². The number of rotatable bonds is 1. The third-order valence-corrected chi connectivity index (χ3v) is 4.55. The highest BCUT2D eigenvalue weighted by molar-refractivity contribution is 5.68. The minimum Gasteiger partial charge on any atom is -0.360 e. The molecule has 0 atom stereocenters. The van der Waals surface area contributed by atoms with E-state index in [2.05, 4.69) is 28.5 Å². The van der Waals surface area contributed by atoms with Gasteiger partial charge in [0.1, 0.15) is 23.0 Å². The third kappa shape index (κ3) is 2.52. The molecule has 2 aromatic heterocycles. The predicted molar refractivity (Wildman–Crippen MR) is 92.6 cm³/mol. The molecule has 3 heterocycles. The fourth-order valence-corrected chi connectivity index (χ4v) is 3.18. The smallest absolute Gasteiger partial charge is 0.149 e. The Morgan fingerprint density at radius 1 is 1.08 bits per heavy atom. The lowest BCUT2D eigenvalue weighted by atomic mass is 10.1. The average Bonchev–Trinajstić information content (AvgIpc) is 3.14. The molecule has 24 heavy (non-hydrogen) atoms. The van der Waals surface area contributed by atoms with E-state index in [-0.39, 0.29) is 0 Å². The van der Waals surface area contributed by atoms with E-state index < -0.39 is 0 Å². The molecule has 0 radical (unpaired) electrons. The van der Waals surface area contributed by atoms with Crippen molar-refractivity contribution in [2.75, 3.05) is 0 Å². The zero-order valence-electron chi connectivity index (χ0n) is 14.0. The van der Waals surface area contributed by atoms with Crippen LogP contribution in [0.15, 0.2) is 34.9 Å². The van der Waals surface area contributed by atoms with E-state index in [1.54, 1.807) is 0 Å². The molecule has 1 aromatic carbocycles. The molecule has 120 valence electrons. The normalized spacial score (nSPS) is 13.2. The molecule has 1 aliphatic rings. The van der Waals surface area contributed by atoms with Crippen LogP contribution in [-0.4, -0.2) is 14.7 Å². The van der Waals surface area contributed by atoms with Gasteiger partial charge in [0.05, 0.1) is 11.3 Å². The van der Waals surface area contributed by atoms with Crippen LogP contribution >= 0.6 is 0 Å². The molecule has 0 fully saturated rings. The highest BCUT2D eigenvalue weighted by Crippen LogP contribution is 2.24. The first-order valence-corrected chi connectivity index (χ1v) is 8.34. The summed E-state index contributed by atoms with van der Waals surface area (Å²) in [5.41, 5.74) is 4.67. The number of fused-ring (bicyclic) bond motifs is 1. The number of benzene rings is 1. The summed E-state index contributed by atoms with van der Waals surface area (Å²) < 4.78 is 7.67. The average molecular weight is 317 g/mol. The second-order valence-electron chi connectivity index (χ2n) is 6.15. The second-order valence-corrected chi connectivity index (χ2v) is 6.15. The molecule has 0 saturated heterocycles. The molecule has 0 saturated carbocycles. The Morgan fingerprint density at radius 2 is 1.92 bits per heavy atom. The SMILES string of the molecule is Cc1onc(-c2ccccc2)c1C#Cc1nc2n(c1C)CCCC2. The van der Waals surface area contributed by atoms with Crippen LogP contribution in [0.2, 0.25) is 0 Å². The quantitative estimate of drug-likeness (QED) is 0.640. The molecule has 0 spiro atoms. The molecule has 0 amide bonds. The lowest BCUT2D eigenvalue weighted by Crippen LogP contribution is -2.11. The number of hydrogen-bond donors (Lipinski definition) is 0. The number of nitrogens with zero attached hydrogens (tertiary/aromatic N) is 3. The van der Waals surface area contributed by atoms with Gasteiger partial charge in [-0.3, -0.25) is 0 Å². The zero-order valence-corrected chi connectivity index (χ0v) is 14.0. The predicted octanol–water partition coefficient (Wildman–Crippen LogP) is 3.89. The van der Waals surface area contributed by atoms with Crippen LogP contribution in [0, 0.1) is 25.7 Å². The van der Waals surface area contributed by atoms with Crippen LogP contribution in [0.3, 0.4) is 0 Å². The van der Waals surface area contributed by atoms with Crippen LogP contribution in [0.5, 0.6) is 0 Å². The minimum atomic E-state index is 0.739. The Labute approximate surface area is 141 Å². The third-order valence-electron chi connectivity index (χ3n) is 4.55. The Balaban J connectivity index is 1.75. The second kappa shape index (κ2) is 6.01. The number of aromatic nitrogens is 3. The Kier molecular flexibility index (Phi) is 3.70. The van der Waals surface area contributed by atoms with E-state index in [1.165, 1.54) is 12.8 Å². The Hall–Kier alpha value is -2.80. The lowest BCUT2D eigenvalue weighted by molar-refractivity contribution is 0.399. The van der Waals surface area contributed by atoms with Gasteiger partial charge >= 0.3 is 0 Å². The van der Waals surface area contributed by atoms with Crippen molar-refractivity contribution in [1.82, 2.24) is 14.7 Å². The van der Waals surface area contributed by atoms with Crippen LogP contribution in [0.25, 0.3) is 11.3 Å². The zero-order chi connectivity index (χ0) is 16.5. The Bertz CT molecular complexity index is 939. The van der Waals surface area contributed by atoms with Crippen LogP contribution in [-0.2, 0) is 13.0 Å². The van der Waals surface area contributed by atoms with E-state index in [9.17, 15) is 0 Å². The van der Waals surface area contributed by atoms with Crippen LogP contribution < -0.4 is 0 Å². The van der Waals surface area contributed by atoms with E-state index >= 15 is 0 Å². The summed E-state index contributed by atoms with van der Waals surface area (Å²) in [7, 11) is 0. The van der Waals surface area contributed by atoms with E-state index in [1.807, 2.05) is 37.3 Å². The fourth-order valence-electron chi connectivity index (χ4n) is 3.18. The van der Waals surface area contributed by atoms with Crippen LogP contribution in [0.1, 0.15) is 41.4 Å². The van der Waals surface area contributed by atoms with Gasteiger partial charge in [-0.05, 0) is 32.6 Å². The maximum Gasteiger partial charge on any atom is 0.149 e. The summed E-state index contributed by atoms with van der Waals surface area (Å²) in [4.78, 5) is 4.72. The van der Waals surface area contributed by atoms with Gasteiger partial charge < -0.3 is 9.09 Å². The van der Waals surface area contributed by atoms with Crippen molar-refractivity contribution in [3.05, 3.63) is 58.9 Å². The van der Waals surface area contributed by atoms with Crippen molar-refractivity contribution < 1.29 is 4.52 Å². The van der Waals surface area contributed by atoms with Gasteiger partial charge in [-0.2, -0.15) is 0 Å². The highest BCUT2D eigenvalue weighted by atomic mass is 16.5. The molecule has 4 rings (SSSR count). The summed E-state index contributed by atoms with van der Waals surface area (Å²) in [5, 5.41) is 4.18. The number of aryl methyl sites for hydroxylation is 2.